The molecule has 0 unspecified atom stereocenters. The van der Waals surface area contributed by atoms with E-state index in [0.717, 1.165) is 5.06 Å². The van der Waals surface area contributed by atoms with Crippen molar-refractivity contribution < 1.29 is 14.4 Å². The van der Waals surface area contributed by atoms with E-state index >= 15 is 0 Å². The van der Waals surface area contributed by atoms with Gasteiger partial charge in [-0.15, -0.1) is 0 Å². The molecule has 1 amide bonds. The highest BCUT2D eigenvalue weighted by Gasteiger charge is 2.12. The van der Waals surface area contributed by atoms with E-state index in [1.807, 2.05) is 0 Å². The Labute approximate surface area is 82.0 Å². The molecule has 0 saturated heterocycles. The molecule has 0 fully saturated rings. The van der Waals surface area contributed by atoms with E-state index in [1.54, 1.807) is 24.3 Å². The Kier molecular flexibility index (Phi) is 3.36. The number of benzene rings is 1. The fourth-order valence-corrected chi connectivity index (χ4v) is 1.16. The third kappa shape index (κ3) is 1.97. The molecule has 0 aliphatic rings. The van der Waals surface area contributed by atoms with Crippen molar-refractivity contribution in [3.8, 4) is 0 Å². The average molecular weight is 193 g/mol. The zero-order valence-corrected chi connectivity index (χ0v) is 8.06. The minimum absolute atomic E-state index is 0.107. The molecule has 14 heavy (non-hydrogen) atoms. The van der Waals surface area contributed by atoms with E-state index in [-0.39, 0.29) is 5.78 Å². The molecule has 0 bridgehead atoms. The van der Waals surface area contributed by atoms with Gasteiger partial charge >= 0.3 is 0 Å². The number of hydroxylamine groups is 1. The van der Waals surface area contributed by atoms with E-state index in [2.05, 4.69) is 0 Å². The Hall–Kier alpha value is -1.68. The maximum atomic E-state index is 11.2. The third-order valence-electron chi connectivity index (χ3n) is 1.81. The van der Waals surface area contributed by atoms with Gasteiger partial charge in [0, 0.05) is 5.56 Å². The van der Waals surface area contributed by atoms with Gasteiger partial charge in [-0.2, -0.15) is 5.06 Å². The van der Waals surface area contributed by atoms with Crippen molar-refractivity contribution in [1.29, 1.82) is 0 Å². The second kappa shape index (κ2) is 4.53. The molecule has 0 aliphatic heterocycles. The van der Waals surface area contributed by atoms with Crippen molar-refractivity contribution in [3.05, 3.63) is 29.8 Å². The van der Waals surface area contributed by atoms with Gasteiger partial charge in [-0.05, 0) is 19.1 Å². The first-order valence-corrected chi connectivity index (χ1v) is 4.09. The van der Waals surface area contributed by atoms with Crippen LogP contribution in [0, 0.1) is 0 Å². The lowest BCUT2D eigenvalue weighted by molar-refractivity contribution is -0.112. The fourth-order valence-electron chi connectivity index (χ4n) is 1.16. The van der Waals surface area contributed by atoms with Crippen molar-refractivity contribution in [3.63, 3.8) is 0 Å². The number of amides is 1. The van der Waals surface area contributed by atoms with Crippen LogP contribution < -0.4 is 5.06 Å². The van der Waals surface area contributed by atoms with Crippen molar-refractivity contribution >= 4 is 17.9 Å². The molecule has 0 N–H and O–H groups in total. The number of carbonyl (C=O) groups is 2. The van der Waals surface area contributed by atoms with Gasteiger partial charge in [0.1, 0.15) is 0 Å². The van der Waals surface area contributed by atoms with E-state index in [4.69, 9.17) is 4.84 Å². The van der Waals surface area contributed by atoms with Crippen molar-refractivity contribution in [2.75, 3.05) is 12.2 Å². The molecule has 74 valence electrons. The van der Waals surface area contributed by atoms with Crippen molar-refractivity contribution in [2.24, 2.45) is 0 Å². The van der Waals surface area contributed by atoms with Gasteiger partial charge in [-0.25, -0.2) is 0 Å². The van der Waals surface area contributed by atoms with E-state index in [9.17, 15) is 9.59 Å². The molecule has 1 aromatic rings. The number of carbonyl (C=O) groups excluding carboxylic acids is 2. The zero-order valence-electron chi connectivity index (χ0n) is 8.06. The van der Waals surface area contributed by atoms with Gasteiger partial charge in [0.2, 0.25) is 6.41 Å². The second-order valence-corrected chi connectivity index (χ2v) is 2.69. The largest absolute Gasteiger partial charge is 0.294 e. The summed E-state index contributed by atoms with van der Waals surface area (Å²) in [5.74, 6) is -0.107. The van der Waals surface area contributed by atoms with E-state index in [1.165, 1.54) is 14.0 Å². The van der Waals surface area contributed by atoms with Gasteiger partial charge in [-0.1, -0.05) is 12.1 Å². The van der Waals surface area contributed by atoms with Crippen LogP contribution in [0.25, 0.3) is 0 Å². The van der Waals surface area contributed by atoms with Gasteiger partial charge in [0.25, 0.3) is 0 Å². The molecule has 4 nitrogen and oxygen atoms in total. The van der Waals surface area contributed by atoms with Crippen LogP contribution in [-0.4, -0.2) is 19.3 Å². The molecular formula is C10H11NO3. The number of anilines is 1. The van der Waals surface area contributed by atoms with Gasteiger partial charge in [-0.3, -0.25) is 14.4 Å². The summed E-state index contributed by atoms with van der Waals surface area (Å²) in [6.07, 6.45) is 0.516. The summed E-state index contributed by atoms with van der Waals surface area (Å²) in [7, 11) is 1.37. The summed E-state index contributed by atoms with van der Waals surface area (Å²) in [5.41, 5.74) is 0.916. The Morgan fingerprint density at radius 3 is 2.57 bits per heavy atom. The molecular weight excluding hydrogens is 182 g/mol. The maximum absolute atomic E-state index is 11.2. The third-order valence-corrected chi connectivity index (χ3v) is 1.81. The van der Waals surface area contributed by atoms with E-state index < -0.39 is 0 Å². The van der Waals surface area contributed by atoms with Crippen LogP contribution in [0.5, 0.6) is 0 Å². The Morgan fingerprint density at radius 1 is 1.43 bits per heavy atom. The number of nitrogens with zero attached hydrogens (tertiary/aromatic N) is 1. The summed E-state index contributed by atoms with van der Waals surface area (Å²) < 4.78 is 0. The lowest BCUT2D eigenvalue weighted by atomic mass is 10.1. The first-order valence-electron chi connectivity index (χ1n) is 4.09. The number of hydrogen-bond donors (Lipinski definition) is 0. The SMILES string of the molecule is CON(C=O)c1ccccc1C(C)=O. The summed E-state index contributed by atoms with van der Waals surface area (Å²) in [6.45, 7) is 1.44. The lowest BCUT2D eigenvalue weighted by Gasteiger charge is -2.16. The number of rotatable bonds is 4. The number of para-hydroxylation sites is 1. The predicted octanol–water partition coefficient (Wildman–Crippen LogP) is 1.41. The first-order chi connectivity index (χ1) is 6.70. The van der Waals surface area contributed by atoms with Crippen LogP contribution in [0.4, 0.5) is 5.69 Å². The first kappa shape index (κ1) is 10.4. The zero-order chi connectivity index (χ0) is 10.6. The van der Waals surface area contributed by atoms with Crippen LogP contribution >= 0.6 is 0 Å². The van der Waals surface area contributed by atoms with Gasteiger partial charge in [0.05, 0.1) is 12.8 Å². The van der Waals surface area contributed by atoms with Crippen LogP contribution in [0.15, 0.2) is 24.3 Å². The highest BCUT2D eigenvalue weighted by Crippen LogP contribution is 2.19. The Balaban J connectivity index is 3.18. The molecule has 0 radical (unpaired) electrons. The monoisotopic (exact) mass is 193 g/mol. The molecule has 4 heteroatoms. The average Bonchev–Trinajstić information content (AvgIpc) is 2.20. The maximum Gasteiger partial charge on any atom is 0.238 e. The summed E-state index contributed by atoms with van der Waals surface area (Å²) >= 11 is 0. The highest BCUT2D eigenvalue weighted by molar-refractivity contribution is 6.01. The minimum atomic E-state index is -0.107. The molecule has 0 aliphatic carbocycles. The quantitative estimate of drug-likeness (QED) is 0.412. The number of hydrogen-bond acceptors (Lipinski definition) is 3. The lowest BCUT2D eigenvalue weighted by Crippen LogP contribution is -2.21. The summed E-state index contributed by atoms with van der Waals surface area (Å²) in [5, 5.41) is 1.01. The van der Waals surface area contributed by atoms with Crippen LogP contribution in [0.3, 0.4) is 0 Å². The normalized spacial score (nSPS) is 9.57. The molecule has 0 saturated carbocycles. The molecule has 1 aromatic carbocycles. The van der Waals surface area contributed by atoms with Crippen LogP contribution in [0.2, 0.25) is 0 Å². The van der Waals surface area contributed by atoms with Crippen molar-refractivity contribution in [1.82, 2.24) is 0 Å². The van der Waals surface area contributed by atoms with Crippen LogP contribution in [0.1, 0.15) is 17.3 Å². The number of ketones is 1. The van der Waals surface area contributed by atoms with E-state index in [0.29, 0.717) is 17.7 Å². The molecule has 0 spiro atoms. The Morgan fingerprint density at radius 2 is 2.07 bits per heavy atom. The molecule has 0 heterocycles. The summed E-state index contributed by atoms with van der Waals surface area (Å²) in [6, 6.07) is 6.76. The van der Waals surface area contributed by atoms with Gasteiger partial charge in [0.15, 0.2) is 5.78 Å². The highest BCUT2D eigenvalue weighted by atomic mass is 16.7. The molecule has 0 atom stereocenters. The van der Waals surface area contributed by atoms with Crippen LogP contribution in [-0.2, 0) is 9.63 Å². The summed E-state index contributed by atoms with van der Waals surface area (Å²) in [4.78, 5) is 26.6. The number of Topliss-reactive ketones (excluding diaryl/α,β-unsaturated/α-hetero) is 1. The predicted molar refractivity (Wildman–Crippen MR) is 52.0 cm³/mol. The molecule has 1 rings (SSSR count). The second-order valence-electron chi connectivity index (χ2n) is 2.69. The fraction of sp³-hybridized carbons (Fsp3) is 0.200. The smallest absolute Gasteiger partial charge is 0.238 e. The molecule has 0 aromatic heterocycles. The topological polar surface area (TPSA) is 46.6 Å². The minimum Gasteiger partial charge on any atom is -0.294 e. The standard InChI is InChI=1S/C10H11NO3/c1-8(13)9-5-3-4-6-10(9)11(7-12)14-2/h3-7H,1-2H3. The van der Waals surface area contributed by atoms with Crippen molar-refractivity contribution in [2.45, 2.75) is 6.92 Å². The Bertz CT molecular complexity index is 349. The van der Waals surface area contributed by atoms with Gasteiger partial charge < -0.3 is 0 Å².